The fourth-order valence-corrected chi connectivity index (χ4v) is 8.42. The SMILES string of the molecule is COc1c(Cl)ccc(P)c1-c1c([PH+](c2ccccc2)c2ccccc2)ccc(Cl)c1OC.O=C(O)c1[c-]cc(Cl)c([N+](=O)[O-])c1.[CH3-].[Ir]. The van der Waals surface area contributed by atoms with Crippen molar-refractivity contribution in [3.8, 4) is 22.6 Å². The Morgan fingerprint density at radius 3 is 1.79 bits per heavy atom. The van der Waals surface area contributed by atoms with Crippen LogP contribution in [0, 0.1) is 23.6 Å². The number of rotatable bonds is 8. The number of hydrogen-bond donors (Lipinski definition) is 1. The molecule has 0 bridgehead atoms. The predicted molar refractivity (Wildman–Crippen MR) is 195 cm³/mol. The number of nitro groups is 1. The van der Waals surface area contributed by atoms with E-state index >= 15 is 0 Å². The molecule has 13 heteroatoms. The zero-order valence-electron chi connectivity index (χ0n) is 25.2. The van der Waals surface area contributed by atoms with E-state index in [1.165, 1.54) is 10.6 Å². The van der Waals surface area contributed by atoms with Crippen molar-refractivity contribution in [2.75, 3.05) is 14.2 Å². The molecule has 0 fully saturated rings. The Hall–Kier alpha value is -3.05. The monoisotopic (exact) mass is 907 g/mol. The number of hydrogen-bond acceptors (Lipinski definition) is 5. The molecule has 5 aromatic rings. The maximum atomic E-state index is 10.4. The van der Waals surface area contributed by atoms with Crippen molar-refractivity contribution in [3.63, 3.8) is 0 Å². The number of carboxylic acids is 1. The average Bonchev–Trinajstić information content (AvgIpc) is 3.04. The summed E-state index contributed by atoms with van der Waals surface area (Å²) >= 11 is 18.6. The minimum absolute atomic E-state index is 0. The van der Waals surface area contributed by atoms with Crippen LogP contribution in [0.4, 0.5) is 5.69 Å². The summed E-state index contributed by atoms with van der Waals surface area (Å²) in [4.78, 5) is 20.0. The fourth-order valence-electron chi connectivity index (χ4n) is 4.66. The summed E-state index contributed by atoms with van der Waals surface area (Å²) in [6.45, 7) is 0. The zero-order chi connectivity index (χ0) is 32.7. The second-order valence-electron chi connectivity index (χ2n) is 9.30. The fraction of sp³-hybridized carbons (Fsp3) is 0.0588. The number of nitro benzene ring substituents is 1. The van der Waals surface area contributed by atoms with Gasteiger partial charge in [0.15, 0.2) is 0 Å². The molecule has 0 amide bonds. The van der Waals surface area contributed by atoms with Crippen LogP contribution in [0.15, 0.2) is 97.1 Å². The molecular weight excluding hydrogens is 879 g/mol. The van der Waals surface area contributed by atoms with E-state index in [4.69, 9.17) is 49.4 Å². The molecule has 47 heavy (non-hydrogen) atoms. The van der Waals surface area contributed by atoms with E-state index in [9.17, 15) is 14.9 Å². The Balaban J connectivity index is 0.000000435. The first-order valence-corrected chi connectivity index (χ1v) is 16.4. The van der Waals surface area contributed by atoms with Gasteiger partial charge < -0.3 is 26.8 Å². The molecule has 0 spiro atoms. The van der Waals surface area contributed by atoms with Crippen molar-refractivity contribution in [1.29, 1.82) is 0 Å². The first kappa shape index (κ1) is 40.1. The molecule has 5 rings (SSSR count). The van der Waals surface area contributed by atoms with Gasteiger partial charge in [-0.25, -0.2) is 0 Å². The van der Waals surface area contributed by atoms with Gasteiger partial charge in [0.25, 0.3) is 0 Å². The molecule has 0 saturated carbocycles. The average molecular weight is 908 g/mol. The van der Waals surface area contributed by atoms with Crippen molar-refractivity contribution in [3.05, 3.63) is 141 Å². The Morgan fingerprint density at radius 1 is 0.830 bits per heavy atom. The number of halogens is 3. The molecule has 0 aliphatic carbocycles. The van der Waals surface area contributed by atoms with Crippen molar-refractivity contribution >= 4 is 84.8 Å². The van der Waals surface area contributed by atoms with Crippen molar-refractivity contribution in [2.24, 2.45) is 0 Å². The van der Waals surface area contributed by atoms with Crippen LogP contribution in [-0.4, -0.2) is 30.2 Å². The summed E-state index contributed by atoms with van der Waals surface area (Å²) in [7, 11) is 4.66. The second kappa shape index (κ2) is 18.5. The van der Waals surface area contributed by atoms with Gasteiger partial charge >= 0.3 is 0 Å². The number of ether oxygens (including phenoxy) is 2. The molecule has 5 aromatic carbocycles. The molecule has 1 N–H and O–H groups in total. The maximum absolute atomic E-state index is 10.4. The standard InChI is InChI=1S/C26H22Cl2O2P2.C7H3ClNO4.CH3.Ir/c1-29-25-19(27)13-15-21(31)23(25)24-22(16-14-20(28)26(24)30-2)32(17-9-5-3-6-10-17)18-11-7-4-8-12-18;8-5-2-1-4(7(10)11)3-6(5)9(12)13;;/h3-16H,31H2,1-2H3;2-3H,(H,10,11);1H3;/q;2*-1;/p+1. The Kier molecular flexibility index (Phi) is 15.8. The van der Waals surface area contributed by atoms with Gasteiger partial charge in [-0.15, -0.1) is 33.0 Å². The van der Waals surface area contributed by atoms with Crippen LogP contribution in [0.1, 0.15) is 10.4 Å². The van der Waals surface area contributed by atoms with Gasteiger partial charge in [-0.05, 0) is 47.8 Å². The van der Waals surface area contributed by atoms with Crippen molar-refractivity contribution in [1.82, 2.24) is 0 Å². The summed E-state index contributed by atoms with van der Waals surface area (Å²) in [6.07, 6.45) is 0. The van der Waals surface area contributed by atoms with Crippen molar-refractivity contribution < 1.29 is 44.4 Å². The van der Waals surface area contributed by atoms with E-state index in [1.54, 1.807) is 14.2 Å². The van der Waals surface area contributed by atoms with E-state index in [0.717, 1.165) is 33.9 Å². The normalized spacial score (nSPS) is 10.1. The minimum Gasteiger partial charge on any atom is -0.521 e. The molecule has 0 aliphatic rings. The number of aromatic carboxylic acids is 1. The molecule has 1 unspecified atom stereocenters. The van der Waals surface area contributed by atoms with Crippen LogP contribution in [0.25, 0.3) is 11.1 Å². The van der Waals surface area contributed by atoms with E-state index in [1.807, 2.05) is 30.3 Å². The summed E-state index contributed by atoms with van der Waals surface area (Å²) in [5, 5.41) is 24.4. The van der Waals surface area contributed by atoms with E-state index in [0.29, 0.717) is 21.5 Å². The molecule has 1 atom stereocenters. The molecule has 0 saturated heterocycles. The van der Waals surface area contributed by atoms with Crippen LogP contribution in [0.3, 0.4) is 0 Å². The smallest absolute Gasteiger partial charge is 0.247 e. The Labute approximate surface area is 305 Å². The van der Waals surface area contributed by atoms with Crippen LogP contribution >= 0.6 is 52.0 Å². The first-order valence-electron chi connectivity index (χ1n) is 13.1. The van der Waals surface area contributed by atoms with Crippen LogP contribution in [-0.2, 0) is 20.1 Å². The third-order valence-corrected chi connectivity index (χ3v) is 10.8. The number of carbonyl (C=O) groups is 1. The van der Waals surface area contributed by atoms with Crippen molar-refractivity contribution in [2.45, 2.75) is 0 Å². The zero-order valence-corrected chi connectivity index (χ0v) is 32.0. The topological polar surface area (TPSA) is 98.9 Å². The maximum Gasteiger partial charge on any atom is 0.247 e. The summed E-state index contributed by atoms with van der Waals surface area (Å²) < 4.78 is 11.6. The largest absolute Gasteiger partial charge is 0.521 e. The summed E-state index contributed by atoms with van der Waals surface area (Å²) in [6, 6.07) is 33.2. The molecular formula is C34H29Cl3IrNO6P2-. The summed E-state index contributed by atoms with van der Waals surface area (Å²) in [5.74, 6) is -0.0639. The van der Waals surface area contributed by atoms with E-state index in [-0.39, 0.29) is 38.1 Å². The Morgan fingerprint density at radius 2 is 1.32 bits per heavy atom. The molecule has 0 aliphatic heterocycles. The van der Waals surface area contributed by atoms with Gasteiger partial charge in [-0.2, -0.15) is 0 Å². The molecule has 7 nitrogen and oxygen atoms in total. The van der Waals surface area contributed by atoms with Gasteiger partial charge in [0.2, 0.25) is 11.7 Å². The predicted octanol–water partition coefficient (Wildman–Crippen LogP) is 7.86. The number of methoxy groups -OCH3 is 2. The van der Waals surface area contributed by atoms with Crippen LogP contribution < -0.4 is 30.7 Å². The van der Waals surface area contributed by atoms with Gasteiger partial charge in [-0.1, -0.05) is 77.3 Å². The van der Waals surface area contributed by atoms with E-state index in [2.05, 4.69) is 69.9 Å². The first-order chi connectivity index (χ1) is 21.6. The summed E-state index contributed by atoms with van der Waals surface area (Å²) in [5.41, 5.74) is 1.06. The van der Waals surface area contributed by atoms with Crippen LogP contribution in [0.5, 0.6) is 11.5 Å². The molecule has 0 heterocycles. The van der Waals surface area contributed by atoms with E-state index < -0.39 is 24.5 Å². The van der Waals surface area contributed by atoms with Crippen LogP contribution in [0.2, 0.25) is 15.1 Å². The number of benzene rings is 5. The number of carboxylic acid groups (broad SMARTS) is 1. The number of nitrogens with zero attached hydrogens (tertiary/aromatic N) is 1. The third kappa shape index (κ3) is 9.31. The minimum atomic E-state index is -1.40. The van der Waals surface area contributed by atoms with Gasteiger partial charge in [0, 0.05) is 35.6 Å². The van der Waals surface area contributed by atoms with Gasteiger partial charge in [0.1, 0.15) is 27.4 Å². The quantitative estimate of drug-likeness (QED) is 0.0738. The molecule has 1 radical (unpaired) electrons. The molecule has 0 aromatic heterocycles. The van der Waals surface area contributed by atoms with Gasteiger partial charge in [0.05, 0.1) is 37.7 Å². The Bertz CT molecular complexity index is 1810. The third-order valence-electron chi connectivity index (χ3n) is 6.61. The second-order valence-corrected chi connectivity index (χ2v) is 13.6. The van der Waals surface area contributed by atoms with Gasteiger partial charge in [-0.3, -0.25) is 10.1 Å². The molecule has 247 valence electrons.